The van der Waals surface area contributed by atoms with Crippen molar-refractivity contribution < 1.29 is 4.74 Å². The van der Waals surface area contributed by atoms with Gasteiger partial charge in [-0.2, -0.15) is 0 Å². The van der Waals surface area contributed by atoms with Crippen LogP contribution in [0.2, 0.25) is 0 Å². The Kier molecular flexibility index (Phi) is 17.4. The van der Waals surface area contributed by atoms with Crippen LogP contribution in [0, 0.1) is 0 Å². The van der Waals surface area contributed by atoms with Crippen LogP contribution in [0.1, 0.15) is 104 Å². The average Bonchev–Trinajstić information content (AvgIpc) is 2.54. The van der Waals surface area contributed by atoms with Crippen molar-refractivity contribution in [1.82, 2.24) is 0 Å². The summed E-state index contributed by atoms with van der Waals surface area (Å²) in [6.07, 6.45) is 18.4. The van der Waals surface area contributed by atoms with E-state index in [0.717, 1.165) is 12.8 Å². The Labute approximate surface area is 146 Å². The van der Waals surface area contributed by atoms with Gasteiger partial charge in [0, 0.05) is 0 Å². The lowest BCUT2D eigenvalue weighted by Gasteiger charge is -2.09. The summed E-state index contributed by atoms with van der Waals surface area (Å²) in [5, 5.41) is 0. The molecule has 0 aromatic heterocycles. The Morgan fingerprint density at radius 1 is 0.565 bits per heavy atom. The molecule has 0 N–H and O–H groups in total. The minimum absolute atomic E-state index is 0.713. The Hall–Kier alpha value is -0.560. The molecule has 0 aliphatic rings. The lowest BCUT2D eigenvalue weighted by atomic mass is 10.1. The van der Waals surface area contributed by atoms with Crippen molar-refractivity contribution in [1.29, 1.82) is 0 Å². The average molecular weight is 323 g/mol. The standard InChI is InChI=1S/C22H42O/c1-5-7-9-11-13-15-17-21(3)19-23-20-22(4)18-16-14-12-10-8-6-2/h3-20H2,1-2H3. The molecule has 0 radical (unpaired) electrons. The van der Waals surface area contributed by atoms with Gasteiger partial charge >= 0.3 is 0 Å². The van der Waals surface area contributed by atoms with Crippen LogP contribution in [0.5, 0.6) is 0 Å². The molecule has 0 aliphatic carbocycles. The van der Waals surface area contributed by atoms with E-state index >= 15 is 0 Å². The highest BCUT2D eigenvalue weighted by Crippen LogP contribution is 2.13. The third kappa shape index (κ3) is 17.6. The Morgan fingerprint density at radius 2 is 0.913 bits per heavy atom. The zero-order valence-corrected chi connectivity index (χ0v) is 16.1. The number of rotatable bonds is 18. The molecule has 0 aromatic rings. The predicted octanol–water partition coefficient (Wildman–Crippen LogP) is 7.62. The first-order valence-corrected chi connectivity index (χ1v) is 10.1. The number of hydrogen-bond acceptors (Lipinski definition) is 1. The van der Waals surface area contributed by atoms with E-state index in [1.807, 2.05) is 0 Å². The fourth-order valence-electron chi connectivity index (χ4n) is 2.79. The van der Waals surface area contributed by atoms with Gasteiger partial charge in [0.15, 0.2) is 0 Å². The second-order valence-electron chi connectivity index (χ2n) is 7.03. The smallest absolute Gasteiger partial charge is 0.0678 e. The zero-order chi connectivity index (χ0) is 17.2. The molecule has 0 spiro atoms. The van der Waals surface area contributed by atoms with E-state index in [2.05, 4.69) is 27.0 Å². The Balaban J connectivity index is 3.33. The van der Waals surface area contributed by atoms with Crippen molar-refractivity contribution in [3.63, 3.8) is 0 Å². The van der Waals surface area contributed by atoms with Gasteiger partial charge in [-0.25, -0.2) is 0 Å². The van der Waals surface area contributed by atoms with E-state index in [1.165, 1.54) is 88.2 Å². The zero-order valence-electron chi connectivity index (χ0n) is 16.1. The van der Waals surface area contributed by atoms with Crippen LogP contribution in [0.3, 0.4) is 0 Å². The quantitative estimate of drug-likeness (QED) is 0.186. The van der Waals surface area contributed by atoms with Crippen molar-refractivity contribution in [2.24, 2.45) is 0 Å². The van der Waals surface area contributed by atoms with E-state index in [-0.39, 0.29) is 0 Å². The highest BCUT2D eigenvalue weighted by Gasteiger charge is 1.99. The number of unbranched alkanes of at least 4 members (excludes halogenated alkanes) is 10. The lowest BCUT2D eigenvalue weighted by Crippen LogP contribution is -2.02. The van der Waals surface area contributed by atoms with Crippen LogP contribution in [0.4, 0.5) is 0 Å². The van der Waals surface area contributed by atoms with Crippen LogP contribution in [0.25, 0.3) is 0 Å². The molecule has 0 unspecified atom stereocenters. The molecule has 136 valence electrons. The van der Waals surface area contributed by atoms with E-state index < -0.39 is 0 Å². The summed E-state index contributed by atoms with van der Waals surface area (Å²) in [4.78, 5) is 0. The summed E-state index contributed by atoms with van der Waals surface area (Å²) in [5.74, 6) is 0. The highest BCUT2D eigenvalue weighted by molar-refractivity contribution is 4.97. The first-order valence-electron chi connectivity index (χ1n) is 10.1. The molecule has 1 heteroatoms. The maximum Gasteiger partial charge on any atom is 0.0678 e. The minimum Gasteiger partial charge on any atom is -0.373 e. The minimum atomic E-state index is 0.713. The van der Waals surface area contributed by atoms with E-state index in [4.69, 9.17) is 4.74 Å². The van der Waals surface area contributed by atoms with Gasteiger partial charge in [0.2, 0.25) is 0 Å². The Morgan fingerprint density at radius 3 is 1.30 bits per heavy atom. The third-order valence-corrected chi connectivity index (χ3v) is 4.38. The molecule has 0 bridgehead atoms. The largest absolute Gasteiger partial charge is 0.373 e. The van der Waals surface area contributed by atoms with Crippen LogP contribution in [0.15, 0.2) is 24.3 Å². The summed E-state index contributed by atoms with van der Waals surface area (Å²) in [6, 6.07) is 0. The van der Waals surface area contributed by atoms with Gasteiger partial charge in [-0.15, -0.1) is 0 Å². The molecule has 0 saturated carbocycles. The van der Waals surface area contributed by atoms with Gasteiger partial charge in [-0.3, -0.25) is 0 Å². The van der Waals surface area contributed by atoms with Gasteiger partial charge in [0.1, 0.15) is 0 Å². The lowest BCUT2D eigenvalue weighted by molar-refractivity contribution is 0.175. The summed E-state index contributed by atoms with van der Waals surface area (Å²) >= 11 is 0. The van der Waals surface area contributed by atoms with Crippen molar-refractivity contribution in [2.75, 3.05) is 13.2 Å². The van der Waals surface area contributed by atoms with Crippen LogP contribution in [-0.4, -0.2) is 13.2 Å². The predicted molar refractivity (Wildman–Crippen MR) is 105 cm³/mol. The fourth-order valence-corrected chi connectivity index (χ4v) is 2.79. The third-order valence-electron chi connectivity index (χ3n) is 4.38. The molecule has 0 aromatic carbocycles. The van der Waals surface area contributed by atoms with Crippen LogP contribution < -0.4 is 0 Å². The molecule has 1 nitrogen and oxygen atoms in total. The monoisotopic (exact) mass is 322 g/mol. The highest BCUT2D eigenvalue weighted by atomic mass is 16.5. The van der Waals surface area contributed by atoms with Crippen molar-refractivity contribution >= 4 is 0 Å². The molecule has 0 atom stereocenters. The van der Waals surface area contributed by atoms with Crippen molar-refractivity contribution in [3.05, 3.63) is 24.3 Å². The van der Waals surface area contributed by atoms with Gasteiger partial charge < -0.3 is 4.74 Å². The summed E-state index contributed by atoms with van der Waals surface area (Å²) < 4.78 is 5.75. The van der Waals surface area contributed by atoms with E-state index in [9.17, 15) is 0 Å². The first kappa shape index (κ1) is 22.4. The van der Waals surface area contributed by atoms with Gasteiger partial charge in [-0.1, -0.05) is 102 Å². The number of hydrogen-bond donors (Lipinski definition) is 0. The molecule has 0 heterocycles. The molecule has 0 rings (SSSR count). The summed E-state index contributed by atoms with van der Waals surface area (Å²) in [5.41, 5.74) is 2.49. The van der Waals surface area contributed by atoms with E-state index in [1.54, 1.807) is 0 Å². The second-order valence-corrected chi connectivity index (χ2v) is 7.03. The molecule has 0 fully saturated rings. The summed E-state index contributed by atoms with van der Waals surface area (Å²) in [6.45, 7) is 14.2. The maximum atomic E-state index is 5.75. The van der Waals surface area contributed by atoms with Crippen molar-refractivity contribution in [2.45, 2.75) is 104 Å². The van der Waals surface area contributed by atoms with Gasteiger partial charge in [-0.05, 0) is 25.7 Å². The molecule has 0 aliphatic heterocycles. The van der Waals surface area contributed by atoms with E-state index in [0.29, 0.717) is 13.2 Å². The van der Waals surface area contributed by atoms with Gasteiger partial charge in [0.25, 0.3) is 0 Å². The molecule has 23 heavy (non-hydrogen) atoms. The molecule has 0 saturated heterocycles. The molecular weight excluding hydrogens is 280 g/mol. The SMILES string of the molecule is C=C(CCCCCCCC)COCC(=C)CCCCCCCC. The fraction of sp³-hybridized carbons (Fsp3) is 0.818. The van der Waals surface area contributed by atoms with Crippen LogP contribution in [-0.2, 0) is 4.74 Å². The normalized spacial score (nSPS) is 10.9. The van der Waals surface area contributed by atoms with Gasteiger partial charge in [0.05, 0.1) is 13.2 Å². The maximum absolute atomic E-state index is 5.75. The van der Waals surface area contributed by atoms with Crippen molar-refractivity contribution in [3.8, 4) is 0 Å². The first-order chi connectivity index (χ1) is 11.2. The second kappa shape index (κ2) is 17.8. The Bertz CT molecular complexity index is 252. The summed E-state index contributed by atoms with van der Waals surface area (Å²) in [7, 11) is 0. The molecule has 0 amide bonds. The topological polar surface area (TPSA) is 9.23 Å². The van der Waals surface area contributed by atoms with Crippen LogP contribution >= 0.6 is 0 Å². The number of ether oxygens (including phenoxy) is 1. The molecular formula is C22H42O.